The highest BCUT2D eigenvalue weighted by Crippen LogP contribution is 2.37. The third-order valence-corrected chi connectivity index (χ3v) is 3.85. The Kier molecular flexibility index (Phi) is 2.06. The van der Waals surface area contributed by atoms with Gasteiger partial charge in [0.1, 0.15) is 5.82 Å². The van der Waals surface area contributed by atoms with E-state index in [-0.39, 0.29) is 5.82 Å². The molecule has 1 N–H and O–H groups in total. The summed E-state index contributed by atoms with van der Waals surface area (Å²) in [5, 5.41) is 1.13. The minimum atomic E-state index is -0.0903. The van der Waals surface area contributed by atoms with E-state index in [2.05, 4.69) is 11.9 Å². The van der Waals surface area contributed by atoms with Gasteiger partial charge >= 0.3 is 0 Å². The smallest absolute Gasteiger partial charge is 0.126 e. The molecule has 1 nitrogen and oxygen atoms in total. The number of nitrogens with one attached hydrogen (secondary N) is 1. The van der Waals surface area contributed by atoms with Crippen LogP contribution in [0.5, 0.6) is 0 Å². The van der Waals surface area contributed by atoms with Gasteiger partial charge in [0.25, 0.3) is 0 Å². The van der Waals surface area contributed by atoms with Crippen molar-refractivity contribution in [2.45, 2.75) is 39.0 Å². The maximum atomic E-state index is 13.6. The van der Waals surface area contributed by atoms with E-state index < -0.39 is 0 Å². The molecule has 1 unspecified atom stereocenters. The minimum Gasteiger partial charge on any atom is -0.358 e. The number of hydrogen-bond acceptors (Lipinski definition) is 0. The fourth-order valence-corrected chi connectivity index (χ4v) is 2.94. The van der Waals surface area contributed by atoms with Crippen LogP contribution in [-0.2, 0) is 6.42 Å². The fraction of sp³-hybridized carbons (Fsp3) is 0.429. The molecule has 0 fully saturated rings. The lowest BCUT2D eigenvalue weighted by Crippen LogP contribution is -2.05. The highest BCUT2D eigenvalue weighted by atomic mass is 19.1. The number of aromatic amines is 1. The number of aromatic nitrogens is 1. The Morgan fingerprint density at radius 1 is 1.38 bits per heavy atom. The second-order valence-corrected chi connectivity index (χ2v) is 4.91. The molecule has 1 aliphatic carbocycles. The quantitative estimate of drug-likeness (QED) is 0.685. The first-order valence-corrected chi connectivity index (χ1v) is 5.98. The average molecular weight is 217 g/mol. The molecule has 16 heavy (non-hydrogen) atoms. The standard InChI is InChI=1S/C14H16FN/c1-8-4-3-5-10-13-9(2)11(15)6-7-12(13)16-14(8)10/h6-8,16H,3-5H2,1-2H3. The summed E-state index contributed by atoms with van der Waals surface area (Å²) in [5.41, 5.74) is 4.57. The Bertz CT molecular complexity index is 553. The molecule has 1 aliphatic rings. The first kappa shape index (κ1) is 9.88. The van der Waals surface area contributed by atoms with E-state index >= 15 is 0 Å². The lowest BCUT2D eigenvalue weighted by molar-refractivity contribution is 0.582. The number of fused-ring (bicyclic) bond motifs is 3. The SMILES string of the molecule is Cc1c(F)ccc2[nH]c3c(c12)CCCC3C. The average Bonchev–Trinajstić information content (AvgIpc) is 2.64. The van der Waals surface area contributed by atoms with E-state index in [0.717, 1.165) is 22.9 Å². The predicted molar refractivity (Wildman–Crippen MR) is 64.3 cm³/mol. The zero-order chi connectivity index (χ0) is 11.3. The van der Waals surface area contributed by atoms with Crippen LogP contribution >= 0.6 is 0 Å². The molecule has 0 amide bonds. The third kappa shape index (κ3) is 1.22. The highest BCUT2D eigenvalue weighted by molar-refractivity contribution is 5.88. The summed E-state index contributed by atoms with van der Waals surface area (Å²) in [7, 11) is 0. The maximum absolute atomic E-state index is 13.6. The van der Waals surface area contributed by atoms with Crippen molar-refractivity contribution in [2.75, 3.05) is 0 Å². The second kappa shape index (κ2) is 3.34. The summed E-state index contributed by atoms with van der Waals surface area (Å²) in [6, 6.07) is 3.42. The van der Waals surface area contributed by atoms with Crippen LogP contribution in [0.1, 0.15) is 42.5 Å². The van der Waals surface area contributed by atoms with E-state index in [9.17, 15) is 4.39 Å². The lowest BCUT2D eigenvalue weighted by atomic mass is 9.87. The molecule has 2 heteroatoms. The van der Waals surface area contributed by atoms with Gasteiger partial charge in [-0.1, -0.05) is 6.92 Å². The summed E-state index contributed by atoms with van der Waals surface area (Å²) in [4.78, 5) is 3.47. The molecule has 0 aliphatic heterocycles. The Hall–Kier alpha value is -1.31. The van der Waals surface area contributed by atoms with Gasteiger partial charge in [-0.2, -0.15) is 0 Å². The molecule has 1 aromatic heterocycles. The number of hydrogen-bond donors (Lipinski definition) is 1. The predicted octanol–water partition coefficient (Wildman–Crippen LogP) is 4.06. The molecule has 1 heterocycles. The molecule has 0 saturated carbocycles. The molecule has 0 radical (unpaired) electrons. The van der Waals surface area contributed by atoms with Crippen LogP contribution in [-0.4, -0.2) is 4.98 Å². The van der Waals surface area contributed by atoms with Gasteiger partial charge < -0.3 is 4.98 Å². The van der Waals surface area contributed by atoms with E-state index in [4.69, 9.17) is 0 Å². The Morgan fingerprint density at radius 2 is 2.19 bits per heavy atom. The van der Waals surface area contributed by atoms with E-state index in [1.807, 2.05) is 13.0 Å². The van der Waals surface area contributed by atoms with Gasteiger partial charge in [-0.3, -0.25) is 0 Å². The largest absolute Gasteiger partial charge is 0.358 e. The monoisotopic (exact) mass is 217 g/mol. The summed E-state index contributed by atoms with van der Waals surface area (Å²) in [5.74, 6) is 0.492. The van der Waals surface area contributed by atoms with Crippen LogP contribution < -0.4 is 0 Å². The number of rotatable bonds is 0. The van der Waals surface area contributed by atoms with Crippen molar-refractivity contribution in [3.63, 3.8) is 0 Å². The maximum Gasteiger partial charge on any atom is 0.126 e. The van der Waals surface area contributed by atoms with Crippen molar-refractivity contribution in [3.8, 4) is 0 Å². The number of benzene rings is 1. The van der Waals surface area contributed by atoms with Crippen molar-refractivity contribution in [2.24, 2.45) is 0 Å². The number of H-pyrrole nitrogens is 1. The molecule has 2 aromatic rings. The van der Waals surface area contributed by atoms with Gasteiger partial charge in [-0.25, -0.2) is 4.39 Å². The van der Waals surface area contributed by atoms with Crippen molar-refractivity contribution in [1.82, 2.24) is 4.98 Å². The van der Waals surface area contributed by atoms with Gasteiger partial charge in [0.2, 0.25) is 0 Å². The summed E-state index contributed by atoms with van der Waals surface area (Å²) < 4.78 is 13.6. The molecule has 0 spiro atoms. The molecular weight excluding hydrogens is 201 g/mol. The summed E-state index contributed by atoms with van der Waals surface area (Å²) in [6.07, 6.45) is 3.54. The Balaban J connectivity index is 2.38. The molecule has 1 aromatic carbocycles. The highest BCUT2D eigenvalue weighted by Gasteiger charge is 2.22. The van der Waals surface area contributed by atoms with Crippen LogP contribution in [0.25, 0.3) is 10.9 Å². The third-order valence-electron chi connectivity index (χ3n) is 3.85. The zero-order valence-electron chi connectivity index (χ0n) is 9.73. The number of halogens is 1. The van der Waals surface area contributed by atoms with E-state index in [1.54, 1.807) is 6.07 Å². The number of aryl methyl sites for hydroxylation is 2. The normalized spacial score (nSPS) is 20.1. The van der Waals surface area contributed by atoms with E-state index in [1.165, 1.54) is 24.1 Å². The zero-order valence-corrected chi connectivity index (χ0v) is 9.73. The second-order valence-electron chi connectivity index (χ2n) is 4.91. The van der Waals surface area contributed by atoms with Gasteiger partial charge in [0, 0.05) is 16.6 Å². The molecule has 3 rings (SSSR count). The van der Waals surface area contributed by atoms with Crippen molar-refractivity contribution >= 4 is 10.9 Å². The first-order valence-electron chi connectivity index (χ1n) is 5.98. The van der Waals surface area contributed by atoms with Crippen molar-refractivity contribution in [3.05, 3.63) is 34.8 Å². The Labute approximate surface area is 94.7 Å². The molecular formula is C14H16FN. The topological polar surface area (TPSA) is 15.8 Å². The van der Waals surface area contributed by atoms with Gasteiger partial charge in [0.15, 0.2) is 0 Å². The lowest BCUT2D eigenvalue weighted by Gasteiger charge is -2.18. The van der Waals surface area contributed by atoms with Gasteiger partial charge in [-0.05, 0) is 55.4 Å². The molecule has 0 saturated heterocycles. The minimum absolute atomic E-state index is 0.0903. The molecule has 84 valence electrons. The van der Waals surface area contributed by atoms with Crippen LogP contribution in [0.15, 0.2) is 12.1 Å². The first-order chi connectivity index (χ1) is 7.68. The Morgan fingerprint density at radius 3 is 3.00 bits per heavy atom. The van der Waals surface area contributed by atoms with E-state index in [0.29, 0.717) is 5.92 Å². The van der Waals surface area contributed by atoms with Crippen LogP contribution in [0.3, 0.4) is 0 Å². The van der Waals surface area contributed by atoms with Gasteiger partial charge in [-0.15, -0.1) is 0 Å². The van der Waals surface area contributed by atoms with Crippen molar-refractivity contribution < 1.29 is 4.39 Å². The van der Waals surface area contributed by atoms with Crippen LogP contribution in [0.4, 0.5) is 4.39 Å². The summed E-state index contributed by atoms with van der Waals surface area (Å²) in [6.45, 7) is 4.13. The van der Waals surface area contributed by atoms with Crippen LogP contribution in [0.2, 0.25) is 0 Å². The molecule has 1 atom stereocenters. The van der Waals surface area contributed by atoms with Crippen LogP contribution in [0, 0.1) is 12.7 Å². The fourth-order valence-electron chi connectivity index (χ4n) is 2.94. The molecule has 0 bridgehead atoms. The van der Waals surface area contributed by atoms with Crippen molar-refractivity contribution in [1.29, 1.82) is 0 Å². The summed E-state index contributed by atoms with van der Waals surface area (Å²) >= 11 is 0. The van der Waals surface area contributed by atoms with Gasteiger partial charge in [0.05, 0.1) is 0 Å².